The number of likely N-dealkylation sites (tertiary alicyclic amines) is 1. The molecule has 0 amide bonds. The van der Waals surface area contributed by atoms with Gasteiger partial charge in [0.1, 0.15) is 0 Å². The molecule has 17 heavy (non-hydrogen) atoms. The molecule has 0 aliphatic carbocycles. The first-order valence-electron chi connectivity index (χ1n) is 7.08. The van der Waals surface area contributed by atoms with E-state index in [9.17, 15) is 5.11 Å². The minimum atomic E-state index is 0.132. The number of rotatable bonds is 5. The van der Waals surface area contributed by atoms with Crippen LogP contribution in [0.2, 0.25) is 0 Å². The molecule has 0 unspecified atom stereocenters. The van der Waals surface area contributed by atoms with Gasteiger partial charge in [-0.15, -0.1) is 0 Å². The van der Waals surface area contributed by atoms with Crippen molar-refractivity contribution in [3.8, 4) is 0 Å². The molecule has 0 aromatic heterocycles. The van der Waals surface area contributed by atoms with E-state index in [0.717, 1.165) is 32.6 Å². The first-order valence-corrected chi connectivity index (χ1v) is 7.08. The molecular weight excluding hydrogens is 214 g/mol. The minimum Gasteiger partial charge on any atom is -0.396 e. The molecule has 2 heterocycles. The molecule has 2 aliphatic heterocycles. The lowest BCUT2D eigenvalue weighted by molar-refractivity contribution is -0.0987. The van der Waals surface area contributed by atoms with E-state index in [1.54, 1.807) is 0 Å². The Morgan fingerprint density at radius 1 is 1.18 bits per heavy atom. The van der Waals surface area contributed by atoms with Gasteiger partial charge in [0.25, 0.3) is 0 Å². The van der Waals surface area contributed by atoms with E-state index in [2.05, 4.69) is 18.7 Å². The Hall–Kier alpha value is -0.120. The number of hydrogen-bond donors (Lipinski definition) is 1. The summed E-state index contributed by atoms with van der Waals surface area (Å²) in [4.78, 5) is 2.54. The van der Waals surface area contributed by atoms with Crippen LogP contribution in [0.5, 0.6) is 0 Å². The second-order valence-corrected chi connectivity index (χ2v) is 6.12. The number of aliphatic hydroxyl groups excluding tert-OH is 1. The molecule has 0 aromatic carbocycles. The fraction of sp³-hybridized carbons (Fsp3) is 1.00. The van der Waals surface area contributed by atoms with Gasteiger partial charge in [-0.25, -0.2) is 0 Å². The molecule has 2 saturated heterocycles. The fourth-order valence-corrected chi connectivity index (χ4v) is 3.36. The summed E-state index contributed by atoms with van der Waals surface area (Å²) in [5.74, 6) is 0. The largest absolute Gasteiger partial charge is 0.396 e. The van der Waals surface area contributed by atoms with Crippen LogP contribution in [-0.2, 0) is 4.74 Å². The van der Waals surface area contributed by atoms with Gasteiger partial charge < -0.3 is 14.7 Å². The molecule has 2 rings (SSSR count). The summed E-state index contributed by atoms with van der Waals surface area (Å²) in [6, 6.07) is 0. The monoisotopic (exact) mass is 241 g/mol. The summed E-state index contributed by atoms with van der Waals surface area (Å²) in [6.07, 6.45) is 4.61. The molecule has 2 aliphatic rings. The first-order chi connectivity index (χ1) is 8.17. The molecular formula is C14H27NO2. The maximum atomic E-state index is 9.60. The highest BCUT2D eigenvalue weighted by molar-refractivity contribution is 4.98. The summed E-state index contributed by atoms with van der Waals surface area (Å²) >= 11 is 0. The Morgan fingerprint density at radius 3 is 2.24 bits per heavy atom. The third-order valence-corrected chi connectivity index (χ3v) is 5.07. The third kappa shape index (κ3) is 2.67. The molecule has 3 nitrogen and oxygen atoms in total. The van der Waals surface area contributed by atoms with Crippen LogP contribution >= 0.6 is 0 Å². The smallest absolute Gasteiger partial charge is 0.0499 e. The second kappa shape index (κ2) is 5.25. The minimum absolute atomic E-state index is 0.132. The van der Waals surface area contributed by atoms with Gasteiger partial charge in [0.05, 0.1) is 0 Å². The van der Waals surface area contributed by atoms with E-state index in [0.29, 0.717) is 12.0 Å². The van der Waals surface area contributed by atoms with Crippen LogP contribution in [0.1, 0.15) is 39.5 Å². The summed E-state index contributed by atoms with van der Waals surface area (Å²) in [5, 5.41) is 9.60. The third-order valence-electron chi connectivity index (χ3n) is 5.07. The van der Waals surface area contributed by atoms with Crippen LogP contribution in [0.3, 0.4) is 0 Å². The average molecular weight is 241 g/mol. The van der Waals surface area contributed by atoms with Gasteiger partial charge in [0, 0.05) is 50.3 Å². The molecule has 100 valence electrons. The standard InChI is InChI=1S/C14H27NO2/c1-3-13(4-2,12-16)9-15-10-14(11-15)5-7-17-8-6-14/h16H,3-12H2,1-2H3. The number of aliphatic hydroxyl groups is 1. The highest BCUT2D eigenvalue weighted by Crippen LogP contribution is 2.41. The highest BCUT2D eigenvalue weighted by atomic mass is 16.5. The summed E-state index contributed by atoms with van der Waals surface area (Å²) in [6.45, 7) is 10.1. The van der Waals surface area contributed by atoms with Gasteiger partial charge in [0.2, 0.25) is 0 Å². The predicted octanol–water partition coefficient (Wildman–Crippen LogP) is 1.90. The molecule has 0 atom stereocenters. The zero-order chi connectivity index (χ0) is 12.4. The quantitative estimate of drug-likeness (QED) is 0.798. The molecule has 0 bridgehead atoms. The van der Waals surface area contributed by atoms with Crippen LogP contribution in [-0.4, -0.2) is 49.5 Å². The molecule has 1 spiro atoms. The van der Waals surface area contributed by atoms with Crippen LogP contribution in [0.4, 0.5) is 0 Å². The lowest BCUT2D eigenvalue weighted by Gasteiger charge is -2.54. The molecule has 3 heteroatoms. The van der Waals surface area contributed by atoms with E-state index in [1.165, 1.54) is 25.9 Å². The average Bonchev–Trinajstić information content (AvgIpc) is 2.35. The maximum Gasteiger partial charge on any atom is 0.0499 e. The summed E-state index contributed by atoms with van der Waals surface area (Å²) in [7, 11) is 0. The molecule has 0 aromatic rings. The van der Waals surface area contributed by atoms with E-state index in [-0.39, 0.29) is 5.41 Å². The Labute approximate surface area is 105 Å². The van der Waals surface area contributed by atoms with Crippen LogP contribution < -0.4 is 0 Å². The molecule has 2 fully saturated rings. The number of ether oxygens (including phenoxy) is 1. The van der Waals surface area contributed by atoms with Gasteiger partial charge in [-0.05, 0) is 25.7 Å². The van der Waals surface area contributed by atoms with Crippen molar-refractivity contribution >= 4 is 0 Å². The van der Waals surface area contributed by atoms with E-state index < -0.39 is 0 Å². The summed E-state index contributed by atoms with van der Waals surface area (Å²) < 4.78 is 5.44. The van der Waals surface area contributed by atoms with Gasteiger partial charge in [-0.3, -0.25) is 0 Å². The van der Waals surface area contributed by atoms with Gasteiger partial charge in [-0.1, -0.05) is 13.8 Å². The van der Waals surface area contributed by atoms with Crippen molar-refractivity contribution in [2.75, 3.05) is 39.5 Å². The topological polar surface area (TPSA) is 32.7 Å². The lowest BCUT2D eigenvalue weighted by Crippen LogP contribution is -2.60. The highest BCUT2D eigenvalue weighted by Gasteiger charge is 2.45. The molecule has 0 radical (unpaired) electrons. The molecule has 1 N–H and O–H groups in total. The first kappa shape index (κ1) is 13.3. The van der Waals surface area contributed by atoms with E-state index in [4.69, 9.17) is 4.74 Å². The zero-order valence-corrected chi connectivity index (χ0v) is 11.4. The Bertz CT molecular complexity index is 228. The Balaban J connectivity index is 1.83. The van der Waals surface area contributed by atoms with Crippen molar-refractivity contribution in [2.24, 2.45) is 10.8 Å². The van der Waals surface area contributed by atoms with Crippen molar-refractivity contribution in [3.63, 3.8) is 0 Å². The van der Waals surface area contributed by atoms with Gasteiger partial charge in [-0.2, -0.15) is 0 Å². The Morgan fingerprint density at radius 2 is 1.76 bits per heavy atom. The van der Waals surface area contributed by atoms with Crippen molar-refractivity contribution in [2.45, 2.75) is 39.5 Å². The normalized spacial score (nSPS) is 24.9. The lowest BCUT2D eigenvalue weighted by atomic mass is 9.71. The number of hydrogen-bond acceptors (Lipinski definition) is 3. The fourth-order valence-electron chi connectivity index (χ4n) is 3.36. The van der Waals surface area contributed by atoms with Crippen molar-refractivity contribution in [3.05, 3.63) is 0 Å². The summed E-state index contributed by atoms with van der Waals surface area (Å²) in [5.41, 5.74) is 0.688. The SMILES string of the molecule is CCC(CC)(CO)CN1CC2(CCOCC2)C1. The van der Waals surface area contributed by atoms with Crippen molar-refractivity contribution in [1.82, 2.24) is 4.90 Å². The van der Waals surface area contributed by atoms with Crippen LogP contribution in [0.25, 0.3) is 0 Å². The predicted molar refractivity (Wildman–Crippen MR) is 69.0 cm³/mol. The number of nitrogens with zero attached hydrogens (tertiary/aromatic N) is 1. The van der Waals surface area contributed by atoms with E-state index >= 15 is 0 Å². The van der Waals surface area contributed by atoms with Crippen molar-refractivity contribution in [1.29, 1.82) is 0 Å². The second-order valence-electron chi connectivity index (χ2n) is 6.12. The van der Waals surface area contributed by atoms with Crippen LogP contribution in [0, 0.1) is 10.8 Å². The molecule has 0 saturated carbocycles. The maximum absolute atomic E-state index is 9.60. The van der Waals surface area contributed by atoms with Gasteiger partial charge >= 0.3 is 0 Å². The van der Waals surface area contributed by atoms with Gasteiger partial charge in [0.15, 0.2) is 0 Å². The van der Waals surface area contributed by atoms with Crippen LogP contribution in [0.15, 0.2) is 0 Å². The Kier molecular flexibility index (Phi) is 4.11. The van der Waals surface area contributed by atoms with Crippen molar-refractivity contribution < 1.29 is 9.84 Å². The zero-order valence-electron chi connectivity index (χ0n) is 11.4. The van der Waals surface area contributed by atoms with E-state index in [1.807, 2.05) is 0 Å².